The Morgan fingerprint density at radius 2 is 1.87 bits per heavy atom. The SMILES string of the molecule is Cc1cc(C(N)=O)ccc1NC1CC(NC(=O)OC(C)(C)C)C1. The lowest BCUT2D eigenvalue weighted by molar-refractivity contribution is 0.0475. The highest BCUT2D eigenvalue weighted by Crippen LogP contribution is 2.26. The van der Waals surface area contributed by atoms with E-state index < -0.39 is 11.5 Å². The van der Waals surface area contributed by atoms with Crippen LogP contribution in [0.1, 0.15) is 49.5 Å². The Balaban J connectivity index is 1.80. The summed E-state index contributed by atoms with van der Waals surface area (Å²) in [4.78, 5) is 22.8. The third kappa shape index (κ3) is 4.87. The van der Waals surface area contributed by atoms with Gasteiger partial charge < -0.3 is 21.1 Å². The van der Waals surface area contributed by atoms with E-state index in [9.17, 15) is 9.59 Å². The largest absolute Gasteiger partial charge is 0.444 e. The standard InChI is InChI=1S/C17H25N3O3/c1-10-7-11(15(18)21)5-6-14(10)19-12-8-13(9-12)20-16(22)23-17(2,3)4/h5-7,12-13,19H,8-9H2,1-4H3,(H2,18,21)(H,20,22). The number of alkyl carbamates (subject to hydrolysis) is 1. The number of aryl methyl sites for hydroxylation is 1. The van der Waals surface area contributed by atoms with Crippen LogP contribution in [0, 0.1) is 6.92 Å². The molecule has 6 nitrogen and oxygen atoms in total. The number of nitrogens with one attached hydrogen (secondary N) is 2. The molecule has 0 atom stereocenters. The van der Waals surface area contributed by atoms with E-state index in [1.165, 1.54) is 0 Å². The Hall–Kier alpha value is -2.24. The maximum Gasteiger partial charge on any atom is 0.407 e. The normalized spacial score (nSPS) is 20.3. The van der Waals surface area contributed by atoms with Crippen molar-refractivity contribution in [1.82, 2.24) is 5.32 Å². The van der Waals surface area contributed by atoms with Crippen molar-refractivity contribution in [2.24, 2.45) is 5.73 Å². The van der Waals surface area contributed by atoms with Crippen LogP contribution in [0.3, 0.4) is 0 Å². The number of anilines is 1. The summed E-state index contributed by atoms with van der Waals surface area (Å²) < 4.78 is 5.24. The molecular formula is C17H25N3O3. The minimum atomic E-state index is -0.481. The summed E-state index contributed by atoms with van der Waals surface area (Å²) >= 11 is 0. The Morgan fingerprint density at radius 1 is 1.22 bits per heavy atom. The smallest absolute Gasteiger partial charge is 0.407 e. The first-order chi connectivity index (χ1) is 10.6. The highest BCUT2D eigenvalue weighted by Gasteiger charge is 2.31. The van der Waals surface area contributed by atoms with Crippen LogP contribution >= 0.6 is 0 Å². The summed E-state index contributed by atoms with van der Waals surface area (Å²) in [5.41, 5.74) is 7.25. The van der Waals surface area contributed by atoms with Crippen molar-refractivity contribution in [3.8, 4) is 0 Å². The number of carbonyl (C=O) groups excluding carboxylic acids is 2. The molecule has 0 aromatic heterocycles. The first kappa shape index (κ1) is 17.1. The van der Waals surface area contributed by atoms with Gasteiger partial charge >= 0.3 is 6.09 Å². The van der Waals surface area contributed by atoms with Crippen LogP contribution in [0.15, 0.2) is 18.2 Å². The fraction of sp³-hybridized carbons (Fsp3) is 0.529. The molecule has 0 radical (unpaired) electrons. The van der Waals surface area contributed by atoms with Gasteiger partial charge in [0, 0.05) is 23.3 Å². The third-order valence-electron chi connectivity index (χ3n) is 3.73. The second-order valence-electron chi connectivity index (χ2n) is 7.05. The molecule has 0 spiro atoms. The van der Waals surface area contributed by atoms with Crippen LogP contribution in [0.5, 0.6) is 0 Å². The zero-order chi connectivity index (χ0) is 17.2. The molecule has 1 aromatic carbocycles. The van der Waals surface area contributed by atoms with Crippen LogP contribution in [0.25, 0.3) is 0 Å². The van der Waals surface area contributed by atoms with Crippen molar-refractivity contribution in [3.05, 3.63) is 29.3 Å². The van der Waals surface area contributed by atoms with Crippen LogP contribution in [0.2, 0.25) is 0 Å². The fourth-order valence-electron chi connectivity index (χ4n) is 2.53. The Labute approximate surface area is 136 Å². The second kappa shape index (κ2) is 6.48. The molecule has 2 amide bonds. The van der Waals surface area contributed by atoms with Crippen LogP contribution in [0.4, 0.5) is 10.5 Å². The average molecular weight is 319 g/mol. The van der Waals surface area contributed by atoms with E-state index in [4.69, 9.17) is 10.5 Å². The van der Waals surface area contributed by atoms with E-state index in [0.717, 1.165) is 24.1 Å². The zero-order valence-corrected chi connectivity index (χ0v) is 14.1. The number of hydrogen-bond acceptors (Lipinski definition) is 4. The molecule has 126 valence electrons. The monoisotopic (exact) mass is 319 g/mol. The number of amides is 2. The van der Waals surface area contributed by atoms with Gasteiger partial charge in [0.2, 0.25) is 5.91 Å². The molecule has 0 heterocycles. The van der Waals surface area contributed by atoms with Crippen LogP contribution in [-0.4, -0.2) is 29.7 Å². The van der Waals surface area contributed by atoms with Crippen molar-refractivity contribution in [1.29, 1.82) is 0 Å². The van der Waals surface area contributed by atoms with Crippen molar-refractivity contribution < 1.29 is 14.3 Å². The predicted octanol–water partition coefficient (Wildman–Crippen LogP) is 2.56. The van der Waals surface area contributed by atoms with Gasteiger partial charge in [0.1, 0.15) is 5.60 Å². The molecule has 0 bridgehead atoms. The molecule has 1 aliphatic rings. The van der Waals surface area contributed by atoms with E-state index in [1.54, 1.807) is 12.1 Å². The third-order valence-corrected chi connectivity index (χ3v) is 3.73. The minimum absolute atomic E-state index is 0.132. The number of nitrogens with two attached hydrogens (primary N) is 1. The number of hydrogen-bond donors (Lipinski definition) is 3. The predicted molar refractivity (Wildman–Crippen MR) is 89.5 cm³/mol. The molecule has 2 rings (SSSR count). The number of primary amides is 1. The highest BCUT2D eigenvalue weighted by molar-refractivity contribution is 5.93. The first-order valence-corrected chi connectivity index (χ1v) is 7.80. The lowest BCUT2D eigenvalue weighted by Gasteiger charge is -2.37. The lowest BCUT2D eigenvalue weighted by atomic mass is 9.86. The van der Waals surface area contributed by atoms with Gasteiger partial charge in [0.15, 0.2) is 0 Å². The average Bonchev–Trinajstić information content (AvgIpc) is 2.35. The van der Waals surface area contributed by atoms with Gasteiger partial charge in [-0.25, -0.2) is 4.79 Å². The number of ether oxygens (including phenoxy) is 1. The summed E-state index contributed by atoms with van der Waals surface area (Å²) in [6.45, 7) is 7.46. The molecular weight excluding hydrogens is 294 g/mol. The Kier molecular flexibility index (Phi) is 4.82. The van der Waals surface area contributed by atoms with Gasteiger partial charge in [0.05, 0.1) is 0 Å². The van der Waals surface area contributed by atoms with Gasteiger partial charge in [-0.15, -0.1) is 0 Å². The minimum Gasteiger partial charge on any atom is -0.444 e. The molecule has 1 aliphatic carbocycles. The molecule has 0 aliphatic heterocycles. The van der Waals surface area contributed by atoms with Gasteiger partial charge in [-0.1, -0.05) is 0 Å². The fourth-order valence-corrected chi connectivity index (χ4v) is 2.53. The Bertz CT molecular complexity index is 602. The van der Waals surface area contributed by atoms with E-state index in [2.05, 4.69) is 10.6 Å². The molecule has 23 heavy (non-hydrogen) atoms. The molecule has 1 fully saturated rings. The molecule has 6 heteroatoms. The number of benzene rings is 1. The lowest BCUT2D eigenvalue weighted by Crippen LogP contribution is -2.50. The Morgan fingerprint density at radius 3 is 2.39 bits per heavy atom. The quantitative estimate of drug-likeness (QED) is 0.795. The van der Waals surface area contributed by atoms with Gasteiger partial charge in [-0.05, 0) is 64.3 Å². The van der Waals surface area contributed by atoms with Crippen molar-refractivity contribution >= 4 is 17.7 Å². The highest BCUT2D eigenvalue weighted by atomic mass is 16.6. The van der Waals surface area contributed by atoms with Gasteiger partial charge in [-0.3, -0.25) is 4.79 Å². The molecule has 0 saturated heterocycles. The van der Waals surface area contributed by atoms with Crippen molar-refractivity contribution in [2.45, 2.75) is 58.2 Å². The second-order valence-corrected chi connectivity index (χ2v) is 7.05. The summed E-state index contributed by atoms with van der Waals surface area (Å²) in [6, 6.07) is 5.79. The van der Waals surface area contributed by atoms with E-state index in [-0.39, 0.29) is 12.1 Å². The van der Waals surface area contributed by atoms with E-state index in [1.807, 2.05) is 33.8 Å². The van der Waals surface area contributed by atoms with Gasteiger partial charge in [0.25, 0.3) is 0 Å². The maximum atomic E-state index is 11.7. The number of carbonyl (C=O) groups is 2. The molecule has 4 N–H and O–H groups in total. The molecule has 0 unspecified atom stereocenters. The topological polar surface area (TPSA) is 93.5 Å². The van der Waals surface area contributed by atoms with Gasteiger partial charge in [-0.2, -0.15) is 0 Å². The van der Waals surface area contributed by atoms with Crippen LogP contribution < -0.4 is 16.4 Å². The van der Waals surface area contributed by atoms with Crippen LogP contribution in [-0.2, 0) is 4.74 Å². The number of rotatable bonds is 4. The van der Waals surface area contributed by atoms with E-state index in [0.29, 0.717) is 11.6 Å². The molecule has 1 aromatic rings. The van der Waals surface area contributed by atoms with Crippen molar-refractivity contribution in [3.63, 3.8) is 0 Å². The van der Waals surface area contributed by atoms with E-state index >= 15 is 0 Å². The zero-order valence-electron chi connectivity index (χ0n) is 14.1. The maximum absolute atomic E-state index is 11.7. The molecule has 1 saturated carbocycles. The summed E-state index contributed by atoms with van der Waals surface area (Å²) in [5, 5.41) is 6.29. The summed E-state index contributed by atoms with van der Waals surface area (Å²) in [6.07, 6.45) is 1.31. The van der Waals surface area contributed by atoms with Crippen molar-refractivity contribution in [2.75, 3.05) is 5.32 Å². The summed E-state index contributed by atoms with van der Waals surface area (Å²) in [7, 11) is 0. The summed E-state index contributed by atoms with van der Waals surface area (Å²) in [5.74, 6) is -0.426. The first-order valence-electron chi connectivity index (χ1n) is 7.80.